The SMILES string of the molecule is CC1=NNC(=O)[C@@H]1CC(=O)N/N=C\c1cccn1C. The molecule has 1 aromatic heterocycles. The third kappa shape index (κ3) is 3.06. The average Bonchev–Trinajstić information content (AvgIpc) is 2.90. The van der Waals surface area contributed by atoms with Crippen LogP contribution in [0.15, 0.2) is 28.5 Å². The van der Waals surface area contributed by atoms with Crippen molar-refractivity contribution >= 4 is 23.7 Å². The van der Waals surface area contributed by atoms with Gasteiger partial charge in [-0.2, -0.15) is 10.2 Å². The van der Waals surface area contributed by atoms with Crippen LogP contribution in [0.5, 0.6) is 0 Å². The third-order valence-corrected chi connectivity index (χ3v) is 2.92. The molecule has 0 unspecified atom stereocenters. The number of aryl methyl sites for hydroxylation is 1. The van der Waals surface area contributed by atoms with Crippen LogP contribution in [0.1, 0.15) is 19.0 Å². The first kappa shape index (κ1) is 13.0. The number of amides is 2. The Hall–Kier alpha value is -2.44. The fraction of sp³-hybridized carbons (Fsp3) is 0.333. The Morgan fingerprint density at radius 2 is 2.47 bits per heavy atom. The van der Waals surface area contributed by atoms with Gasteiger partial charge in [0.25, 0.3) is 0 Å². The first-order chi connectivity index (χ1) is 9.08. The molecule has 1 aliphatic heterocycles. The van der Waals surface area contributed by atoms with Crippen molar-refractivity contribution in [3.8, 4) is 0 Å². The van der Waals surface area contributed by atoms with Crippen molar-refractivity contribution in [2.75, 3.05) is 0 Å². The summed E-state index contributed by atoms with van der Waals surface area (Å²) in [7, 11) is 1.88. The van der Waals surface area contributed by atoms with E-state index in [1.165, 1.54) is 0 Å². The maximum atomic E-state index is 11.6. The Balaban J connectivity index is 1.85. The van der Waals surface area contributed by atoms with Crippen molar-refractivity contribution in [1.82, 2.24) is 15.4 Å². The van der Waals surface area contributed by atoms with Gasteiger partial charge in [-0.1, -0.05) is 0 Å². The molecule has 0 radical (unpaired) electrons. The smallest absolute Gasteiger partial charge is 0.249 e. The molecule has 1 aliphatic rings. The number of aromatic nitrogens is 1. The summed E-state index contributed by atoms with van der Waals surface area (Å²) < 4.78 is 1.87. The third-order valence-electron chi connectivity index (χ3n) is 2.92. The molecule has 0 aromatic carbocycles. The number of nitrogens with one attached hydrogen (secondary N) is 2. The minimum atomic E-state index is -0.495. The van der Waals surface area contributed by atoms with E-state index in [4.69, 9.17) is 0 Å². The fourth-order valence-electron chi connectivity index (χ4n) is 1.74. The molecule has 19 heavy (non-hydrogen) atoms. The quantitative estimate of drug-likeness (QED) is 0.589. The molecular formula is C12H15N5O2. The van der Waals surface area contributed by atoms with Crippen LogP contribution in [0.4, 0.5) is 0 Å². The molecule has 2 amide bonds. The van der Waals surface area contributed by atoms with Crippen LogP contribution in [0.25, 0.3) is 0 Å². The van der Waals surface area contributed by atoms with Crippen molar-refractivity contribution in [2.45, 2.75) is 13.3 Å². The number of rotatable bonds is 4. The minimum Gasteiger partial charge on any atom is -0.350 e. The van der Waals surface area contributed by atoms with Gasteiger partial charge in [0, 0.05) is 25.4 Å². The highest BCUT2D eigenvalue weighted by Gasteiger charge is 2.28. The molecule has 2 N–H and O–H groups in total. The topological polar surface area (TPSA) is 87.8 Å². The zero-order valence-electron chi connectivity index (χ0n) is 10.8. The molecule has 2 heterocycles. The van der Waals surface area contributed by atoms with Crippen LogP contribution >= 0.6 is 0 Å². The Bertz CT molecular complexity index is 558. The van der Waals surface area contributed by atoms with E-state index < -0.39 is 5.92 Å². The molecule has 0 fully saturated rings. The number of carbonyl (C=O) groups is 2. The second-order valence-corrected chi connectivity index (χ2v) is 4.32. The summed E-state index contributed by atoms with van der Waals surface area (Å²) in [5, 5.41) is 7.63. The predicted molar refractivity (Wildman–Crippen MR) is 70.5 cm³/mol. The van der Waals surface area contributed by atoms with Gasteiger partial charge in [0.05, 0.1) is 17.8 Å². The van der Waals surface area contributed by atoms with Gasteiger partial charge in [-0.15, -0.1) is 0 Å². The van der Waals surface area contributed by atoms with E-state index in [-0.39, 0.29) is 18.2 Å². The molecule has 0 spiro atoms. The monoisotopic (exact) mass is 261 g/mol. The minimum absolute atomic E-state index is 0.0473. The Morgan fingerprint density at radius 3 is 3.05 bits per heavy atom. The summed E-state index contributed by atoms with van der Waals surface area (Å²) in [6.07, 6.45) is 3.48. The van der Waals surface area contributed by atoms with Gasteiger partial charge in [0.1, 0.15) is 0 Å². The lowest BCUT2D eigenvalue weighted by Crippen LogP contribution is -2.29. The molecule has 100 valence electrons. The maximum Gasteiger partial charge on any atom is 0.249 e. The highest BCUT2D eigenvalue weighted by atomic mass is 16.2. The van der Waals surface area contributed by atoms with Crippen molar-refractivity contribution in [2.24, 2.45) is 23.2 Å². The lowest BCUT2D eigenvalue weighted by molar-refractivity contribution is -0.127. The average molecular weight is 261 g/mol. The summed E-state index contributed by atoms with van der Waals surface area (Å²) >= 11 is 0. The highest BCUT2D eigenvalue weighted by Crippen LogP contribution is 2.11. The van der Waals surface area contributed by atoms with E-state index in [2.05, 4.69) is 21.1 Å². The fourth-order valence-corrected chi connectivity index (χ4v) is 1.74. The summed E-state index contributed by atoms with van der Waals surface area (Å²) in [5.74, 6) is -1.06. The molecule has 7 heteroatoms. The zero-order chi connectivity index (χ0) is 13.8. The molecule has 2 rings (SSSR count). The zero-order valence-corrected chi connectivity index (χ0v) is 10.8. The number of nitrogens with zero attached hydrogens (tertiary/aromatic N) is 3. The van der Waals surface area contributed by atoms with Crippen LogP contribution in [0, 0.1) is 5.92 Å². The number of hydrogen-bond acceptors (Lipinski definition) is 4. The van der Waals surface area contributed by atoms with Gasteiger partial charge in [-0.05, 0) is 19.1 Å². The van der Waals surface area contributed by atoms with E-state index in [0.717, 1.165) is 5.69 Å². The van der Waals surface area contributed by atoms with Crippen LogP contribution < -0.4 is 10.9 Å². The van der Waals surface area contributed by atoms with Gasteiger partial charge < -0.3 is 4.57 Å². The van der Waals surface area contributed by atoms with Gasteiger partial charge in [-0.3, -0.25) is 9.59 Å². The first-order valence-electron chi connectivity index (χ1n) is 5.85. The number of carbonyl (C=O) groups excluding carboxylic acids is 2. The standard InChI is InChI=1S/C12H15N5O2/c1-8-10(12(19)16-14-8)6-11(18)15-13-7-9-4-3-5-17(9)2/h3-5,7,10H,6H2,1-2H3,(H,15,18)(H,16,19)/b13-7-/t10-/m1/s1. The Kier molecular flexibility index (Phi) is 3.74. The van der Waals surface area contributed by atoms with E-state index in [1.807, 2.05) is 29.9 Å². The summed E-state index contributed by atoms with van der Waals surface area (Å²) in [5.41, 5.74) is 6.23. The largest absolute Gasteiger partial charge is 0.350 e. The molecule has 0 saturated heterocycles. The molecule has 0 bridgehead atoms. The molecule has 0 aliphatic carbocycles. The van der Waals surface area contributed by atoms with Crippen LogP contribution in [-0.2, 0) is 16.6 Å². The molecule has 7 nitrogen and oxygen atoms in total. The van der Waals surface area contributed by atoms with Gasteiger partial charge in [-0.25, -0.2) is 10.9 Å². The molecular weight excluding hydrogens is 246 g/mol. The maximum absolute atomic E-state index is 11.6. The lowest BCUT2D eigenvalue weighted by atomic mass is 10.0. The molecule has 1 atom stereocenters. The predicted octanol–water partition coefficient (Wildman–Crippen LogP) is -0.0128. The van der Waals surface area contributed by atoms with Crippen molar-refractivity contribution in [3.63, 3.8) is 0 Å². The molecule has 1 aromatic rings. The summed E-state index contributed by atoms with van der Waals surface area (Å²) in [4.78, 5) is 23.0. The van der Waals surface area contributed by atoms with E-state index >= 15 is 0 Å². The van der Waals surface area contributed by atoms with Gasteiger partial charge in [0.2, 0.25) is 11.8 Å². The summed E-state index contributed by atoms with van der Waals surface area (Å²) in [6.45, 7) is 1.71. The van der Waals surface area contributed by atoms with Gasteiger partial charge >= 0.3 is 0 Å². The van der Waals surface area contributed by atoms with Crippen molar-refractivity contribution < 1.29 is 9.59 Å². The van der Waals surface area contributed by atoms with E-state index in [9.17, 15) is 9.59 Å². The Morgan fingerprint density at radius 1 is 1.68 bits per heavy atom. The van der Waals surface area contributed by atoms with E-state index in [0.29, 0.717) is 5.71 Å². The van der Waals surface area contributed by atoms with Crippen molar-refractivity contribution in [3.05, 3.63) is 24.0 Å². The van der Waals surface area contributed by atoms with Crippen LogP contribution in [-0.4, -0.2) is 28.3 Å². The lowest BCUT2D eigenvalue weighted by Gasteiger charge is -2.05. The van der Waals surface area contributed by atoms with Crippen LogP contribution in [0.3, 0.4) is 0 Å². The second-order valence-electron chi connectivity index (χ2n) is 4.32. The molecule has 0 saturated carbocycles. The van der Waals surface area contributed by atoms with Crippen LogP contribution in [0.2, 0.25) is 0 Å². The summed E-state index contributed by atoms with van der Waals surface area (Å²) in [6, 6.07) is 3.75. The Labute approximate surface area is 110 Å². The number of hydrazone groups is 2. The van der Waals surface area contributed by atoms with Crippen molar-refractivity contribution in [1.29, 1.82) is 0 Å². The number of hydrogen-bond donors (Lipinski definition) is 2. The normalized spacial score (nSPS) is 18.5. The highest BCUT2D eigenvalue weighted by molar-refractivity contribution is 6.09. The van der Waals surface area contributed by atoms with E-state index in [1.54, 1.807) is 13.1 Å². The van der Waals surface area contributed by atoms with Gasteiger partial charge in [0.15, 0.2) is 0 Å². The second kappa shape index (κ2) is 5.47. The first-order valence-corrected chi connectivity index (χ1v) is 5.85.